The molecule has 1 aromatic carbocycles. The topological polar surface area (TPSA) is 21.3 Å². The molecule has 0 saturated carbocycles. The van der Waals surface area contributed by atoms with Gasteiger partial charge in [0.1, 0.15) is 5.82 Å². The standard InChI is InChI=1S/C12H16FNO/c1-2-3-9-15-10-8-14-12-7-5-4-6-11(12)13/h2,4-7,14H,1,3,8-10H2. The summed E-state index contributed by atoms with van der Waals surface area (Å²) in [4.78, 5) is 0. The van der Waals surface area contributed by atoms with Crippen LogP contribution in [0.1, 0.15) is 6.42 Å². The first kappa shape index (κ1) is 11.7. The van der Waals surface area contributed by atoms with E-state index in [0.29, 0.717) is 25.4 Å². The van der Waals surface area contributed by atoms with Crippen molar-refractivity contribution in [1.29, 1.82) is 0 Å². The molecule has 0 aliphatic carbocycles. The molecule has 82 valence electrons. The van der Waals surface area contributed by atoms with Crippen molar-refractivity contribution in [1.82, 2.24) is 0 Å². The van der Waals surface area contributed by atoms with E-state index >= 15 is 0 Å². The largest absolute Gasteiger partial charge is 0.380 e. The molecule has 3 heteroatoms. The van der Waals surface area contributed by atoms with E-state index in [9.17, 15) is 4.39 Å². The molecule has 0 aliphatic rings. The quantitative estimate of drug-likeness (QED) is 0.550. The highest BCUT2D eigenvalue weighted by Gasteiger charge is 1.97. The summed E-state index contributed by atoms with van der Waals surface area (Å²) in [6.07, 6.45) is 2.66. The fourth-order valence-corrected chi connectivity index (χ4v) is 1.13. The van der Waals surface area contributed by atoms with Gasteiger partial charge in [0, 0.05) is 6.54 Å². The van der Waals surface area contributed by atoms with Crippen LogP contribution < -0.4 is 5.32 Å². The molecular formula is C12H16FNO. The van der Waals surface area contributed by atoms with E-state index in [0.717, 1.165) is 6.42 Å². The molecular weight excluding hydrogens is 193 g/mol. The second-order valence-corrected chi connectivity index (χ2v) is 3.10. The van der Waals surface area contributed by atoms with Gasteiger partial charge in [0.05, 0.1) is 18.9 Å². The number of anilines is 1. The van der Waals surface area contributed by atoms with Crippen LogP contribution in [0.2, 0.25) is 0 Å². The Morgan fingerprint density at radius 2 is 2.13 bits per heavy atom. The minimum Gasteiger partial charge on any atom is -0.380 e. The van der Waals surface area contributed by atoms with Crippen LogP contribution in [0.4, 0.5) is 10.1 Å². The molecule has 0 bridgehead atoms. The van der Waals surface area contributed by atoms with E-state index in [1.165, 1.54) is 6.07 Å². The van der Waals surface area contributed by atoms with Crippen molar-refractivity contribution in [3.63, 3.8) is 0 Å². The Hall–Kier alpha value is -1.35. The van der Waals surface area contributed by atoms with Gasteiger partial charge in [-0.05, 0) is 18.6 Å². The third-order valence-electron chi connectivity index (χ3n) is 1.90. The molecule has 0 atom stereocenters. The molecule has 1 aromatic rings. The average Bonchev–Trinajstić information content (AvgIpc) is 2.25. The van der Waals surface area contributed by atoms with E-state index in [-0.39, 0.29) is 5.82 Å². The number of nitrogens with one attached hydrogen (secondary N) is 1. The van der Waals surface area contributed by atoms with E-state index in [1.807, 2.05) is 6.08 Å². The lowest BCUT2D eigenvalue weighted by Crippen LogP contribution is -2.10. The highest BCUT2D eigenvalue weighted by Crippen LogP contribution is 2.11. The summed E-state index contributed by atoms with van der Waals surface area (Å²) >= 11 is 0. The van der Waals surface area contributed by atoms with Gasteiger partial charge in [0.15, 0.2) is 0 Å². The smallest absolute Gasteiger partial charge is 0.146 e. The monoisotopic (exact) mass is 209 g/mol. The molecule has 2 nitrogen and oxygen atoms in total. The molecule has 1 N–H and O–H groups in total. The van der Waals surface area contributed by atoms with Gasteiger partial charge in [0.25, 0.3) is 0 Å². The van der Waals surface area contributed by atoms with Crippen LogP contribution in [-0.4, -0.2) is 19.8 Å². The zero-order valence-corrected chi connectivity index (χ0v) is 8.71. The average molecular weight is 209 g/mol. The summed E-state index contributed by atoms with van der Waals surface area (Å²) in [6.45, 7) is 5.44. The maximum absolute atomic E-state index is 13.1. The fourth-order valence-electron chi connectivity index (χ4n) is 1.13. The molecule has 15 heavy (non-hydrogen) atoms. The molecule has 0 unspecified atom stereocenters. The van der Waals surface area contributed by atoms with Gasteiger partial charge >= 0.3 is 0 Å². The minimum atomic E-state index is -0.233. The van der Waals surface area contributed by atoms with Crippen molar-refractivity contribution in [3.05, 3.63) is 42.7 Å². The maximum atomic E-state index is 13.1. The number of halogens is 1. The molecule has 0 radical (unpaired) electrons. The molecule has 0 saturated heterocycles. The van der Waals surface area contributed by atoms with Gasteiger partial charge in [-0.25, -0.2) is 4.39 Å². The molecule has 0 aliphatic heterocycles. The second kappa shape index (κ2) is 7.01. The van der Waals surface area contributed by atoms with E-state index in [1.54, 1.807) is 18.2 Å². The lowest BCUT2D eigenvalue weighted by molar-refractivity contribution is 0.149. The zero-order valence-electron chi connectivity index (χ0n) is 8.71. The van der Waals surface area contributed by atoms with Crippen molar-refractivity contribution in [2.24, 2.45) is 0 Å². The maximum Gasteiger partial charge on any atom is 0.146 e. The van der Waals surface area contributed by atoms with Gasteiger partial charge in [-0.3, -0.25) is 0 Å². The Kier molecular flexibility index (Phi) is 5.48. The highest BCUT2D eigenvalue weighted by molar-refractivity contribution is 5.44. The Balaban J connectivity index is 2.15. The van der Waals surface area contributed by atoms with Gasteiger partial charge < -0.3 is 10.1 Å². The Morgan fingerprint density at radius 3 is 2.87 bits per heavy atom. The first-order valence-electron chi connectivity index (χ1n) is 5.01. The van der Waals surface area contributed by atoms with Crippen LogP contribution in [0.15, 0.2) is 36.9 Å². The summed E-state index contributed by atoms with van der Waals surface area (Å²) in [5, 5.41) is 2.96. The van der Waals surface area contributed by atoms with Gasteiger partial charge in [-0.15, -0.1) is 6.58 Å². The first-order chi connectivity index (χ1) is 7.34. The number of hydrogen-bond donors (Lipinski definition) is 1. The molecule has 1 rings (SSSR count). The lowest BCUT2D eigenvalue weighted by atomic mass is 10.3. The number of rotatable bonds is 7. The van der Waals surface area contributed by atoms with Crippen molar-refractivity contribution >= 4 is 5.69 Å². The van der Waals surface area contributed by atoms with Crippen molar-refractivity contribution < 1.29 is 9.13 Å². The van der Waals surface area contributed by atoms with Crippen LogP contribution in [-0.2, 0) is 4.74 Å². The minimum absolute atomic E-state index is 0.233. The molecule has 0 heterocycles. The SMILES string of the molecule is C=CCCOCCNc1ccccc1F. The van der Waals surface area contributed by atoms with E-state index in [2.05, 4.69) is 11.9 Å². The van der Waals surface area contributed by atoms with E-state index < -0.39 is 0 Å². The predicted molar refractivity (Wildman–Crippen MR) is 60.5 cm³/mol. The number of para-hydroxylation sites is 1. The summed E-state index contributed by atoms with van der Waals surface area (Å²) < 4.78 is 18.4. The third-order valence-corrected chi connectivity index (χ3v) is 1.90. The summed E-state index contributed by atoms with van der Waals surface area (Å²) in [6, 6.07) is 6.60. The molecule has 0 aromatic heterocycles. The Bertz CT molecular complexity index is 301. The summed E-state index contributed by atoms with van der Waals surface area (Å²) in [5.41, 5.74) is 0.518. The van der Waals surface area contributed by atoms with Gasteiger partial charge in [0.2, 0.25) is 0 Å². The molecule has 0 amide bonds. The molecule has 0 fully saturated rings. The predicted octanol–water partition coefficient (Wildman–Crippen LogP) is 2.83. The Morgan fingerprint density at radius 1 is 1.33 bits per heavy atom. The van der Waals surface area contributed by atoms with Crippen LogP contribution >= 0.6 is 0 Å². The lowest BCUT2D eigenvalue weighted by Gasteiger charge is -2.07. The van der Waals surface area contributed by atoms with Crippen LogP contribution in [0.3, 0.4) is 0 Å². The van der Waals surface area contributed by atoms with Crippen LogP contribution in [0.25, 0.3) is 0 Å². The number of ether oxygens (including phenoxy) is 1. The first-order valence-corrected chi connectivity index (χ1v) is 5.01. The van der Waals surface area contributed by atoms with Crippen LogP contribution in [0, 0.1) is 5.82 Å². The normalized spacial score (nSPS) is 9.93. The van der Waals surface area contributed by atoms with Crippen molar-refractivity contribution in [2.45, 2.75) is 6.42 Å². The van der Waals surface area contributed by atoms with E-state index in [4.69, 9.17) is 4.74 Å². The van der Waals surface area contributed by atoms with Gasteiger partial charge in [-0.1, -0.05) is 18.2 Å². The number of benzene rings is 1. The third kappa shape index (κ3) is 4.61. The van der Waals surface area contributed by atoms with Crippen LogP contribution in [0.5, 0.6) is 0 Å². The van der Waals surface area contributed by atoms with Gasteiger partial charge in [-0.2, -0.15) is 0 Å². The highest BCUT2D eigenvalue weighted by atomic mass is 19.1. The number of hydrogen-bond acceptors (Lipinski definition) is 2. The van der Waals surface area contributed by atoms with Crippen molar-refractivity contribution in [3.8, 4) is 0 Å². The second-order valence-electron chi connectivity index (χ2n) is 3.10. The molecule has 0 spiro atoms. The zero-order chi connectivity index (χ0) is 10.9. The summed E-state index contributed by atoms with van der Waals surface area (Å²) in [5.74, 6) is -0.233. The summed E-state index contributed by atoms with van der Waals surface area (Å²) in [7, 11) is 0. The van der Waals surface area contributed by atoms with Crippen molar-refractivity contribution in [2.75, 3.05) is 25.1 Å². The Labute approximate surface area is 89.8 Å². The fraction of sp³-hybridized carbons (Fsp3) is 0.333.